The highest BCUT2D eigenvalue weighted by Crippen LogP contribution is 2.33. The van der Waals surface area contributed by atoms with Crippen LogP contribution >= 0.6 is 0 Å². The number of carbonyl (C=O) groups is 2. The fourth-order valence-corrected chi connectivity index (χ4v) is 4.77. The maximum Gasteiger partial charge on any atom is 0.263 e. The van der Waals surface area contributed by atoms with Crippen LogP contribution in [0.4, 0.5) is 14.5 Å². The van der Waals surface area contributed by atoms with Gasteiger partial charge in [-0.1, -0.05) is 12.1 Å². The molecule has 2 aromatic rings. The zero-order valence-electron chi connectivity index (χ0n) is 17.7. The number of amides is 2. The number of nitrogens with zero attached hydrogens (tertiary/aromatic N) is 3. The molecule has 0 radical (unpaired) electrons. The second-order valence-corrected chi connectivity index (χ2v) is 8.55. The molecule has 2 fully saturated rings. The van der Waals surface area contributed by atoms with Gasteiger partial charge < -0.3 is 9.64 Å². The van der Waals surface area contributed by atoms with E-state index in [4.69, 9.17) is 4.74 Å². The van der Waals surface area contributed by atoms with Gasteiger partial charge in [0.05, 0.1) is 29.5 Å². The van der Waals surface area contributed by atoms with Crippen molar-refractivity contribution in [1.82, 2.24) is 9.80 Å². The first-order chi connectivity index (χ1) is 15.5. The van der Waals surface area contributed by atoms with Crippen molar-refractivity contribution in [3.05, 3.63) is 64.7 Å². The quantitative estimate of drug-likeness (QED) is 0.668. The van der Waals surface area contributed by atoms with Crippen LogP contribution in [-0.2, 0) is 11.3 Å². The molecule has 0 aromatic heterocycles. The predicted octanol–water partition coefficient (Wildman–Crippen LogP) is 3.06. The average Bonchev–Trinajstić information content (AvgIpc) is 3.39. The van der Waals surface area contributed by atoms with Crippen molar-refractivity contribution in [2.24, 2.45) is 0 Å². The van der Waals surface area contributed by atoms with Gasteiger partial charge >= 0.3 is 0 Å². The molecule has 8 heteroatoms. The van der Waals surface area contributed by atoms with E-state index >= 15 is 0 Å². The van der Waals surface area contributed by atoms with E-state index in [-0.39, 0.29) is 17.9 Å². The Morgan fingerprint density at radius 2 is 1.81 bits per heavy atom. The molecule has 0 bridgehead atoms. The van der Waals surface area contributed by atoms with Gasteiger partial charge in [0, 0.05) is 51.0 Å². The minimum absolute atomic E-state index is 0.0870. The zero-order chi connectivity index (χ0) is 22.2. The predicted molar refractivity (Wildman–Crippen MR) is 115 cm³/mol. The Kier molecular flexibility index (Phi) is 5.65. The second-order valence-electron chi connectivity index (χ2n) is 8.55. The summed E-state index contributed by atoms with van der Waals surface area (Å²) in [6.45, 7) is 4.00. The molecule has 168 valence electrons. The summed E-state index contributed by atoms with van der Waals surface area (Å²) in [7, 11) is 0. The lowest BCUT2D eigenvalue weighted by Crippen LogP contribution is -2.46. The van der Waals surface area contributed by atoms with E-state index in [1.807, 2.05) is 12.1 Å². The fourth-order valence-electron chi connectivity index (χ4n) is 4.77. The Morgan fingerprint density at radius 1 is 1.00 bits per heavy atom. The fraction of sp³-hybridized carbons (Fsp3) is 0.417. The summed E-state index contributed by atoms with van der Waals surface area (Å²) >= 11 is 0. The van der Waals surface area contributed by atoms with Crippen LogP contribution in [0.5, 0.6) is 0 Å². The number of halogens is 2. The van der Waals surface area contributed by atoms with Gasteiger partial charge in [-0.15, -0.1) is 0 Å². The molecule has 5 rings (SSSR count). The number of anilines is 1. The van der Waals surface area contributed by atoms with E-state index in [1.165, 1.54) is 17.0 Å². The third kappa shape index (κ3) is 3.89. The first kappa shape index (κ1) is 21.0. The first-order valence-corrected chi connectivity index (χ1v) is 11.0. The molecule has 0 unspecified atom stereocenters. The highest BCUT2D eigenvalue weighted by molar-refractivity contribution is 6.23. The van der Waals surface area contributed by atoms with Gasteiger partial charge in [-0.3, -0.25) is 19.4 Å². The second kappa shape index (κ2) is 8.60. The first-order valence-electron chi connectivity index (χ1n) is 11.0. The van der Waals surface area contributed by atoms with E-state index in [9.17, 15) is 18.4 Å². The Morgan fingerprint density at radius 3 is 2.53 bits per heavy atom. The lowest BCUT2D eigenvalue weighted by molar-refractivity contribution is 0.0475. The van der Waals surface area contributed by atoms with E-state index in [2.05, 4.69) is 9.80 Å². The van der Waals surface area contributed by atoms with Gasteiger partial charge in [-0.05, 0) is 31.0 Å². The zero-order valence-corrected chi connectivity index (χ0v) is 17.7. The van der Waals surface area contributed by atoms with Crippen LogP contribution in [-0.4, -0.2) is 67.0 Å². The lowest BCUT2D eigenvalue weighted by Gasteiger charge is -2.36. The molecule has 1 atom stereocenters. The third-order valence-electron chi connectivity index (χ3n) is 6.51. The lowest BCUT2D eigenvalue weighted by atomic mass is 10.1. The summed E-state index contributed by atoms with van der Waals surface area (Å²) in [5, 5.41) is 0. The van der Waals surface area contributed by atoms with Crippen molar-refractivity contribution in [3.63, 3.8) is 0 Å². The van der Waals surface area contributed by atoms with E-state index < -0.39 is 11.6 Å². The Balaban J connectivity index is 1.28. The minimum atomic E-state index is -0.582. The number of imide groups is 1. The summed E-state index contributed by atoms with van der Waals surface area (Å²) in [5.74, 6) is -1.63. The van der Waals surface area contributed by atoms with Gasteiger partial charge in [-0.25, -0.2) is 8.78 Å². The van der Waals surface area contributed by atoms with E-state index in [0.717, 1.165) is 24.6 Å². The third-order valence-corrected chi connectivity index (χ3v) is 6.51. The highest BCUT2D eigenvalue weighted by atomic mass is 19.1. The monoisotopic (exact) mass is 441 g/mol. The van der Waals surface area contributed by atoms with Crippen LogP contribution in [0, 0.1) is 11.6 Å². The molecule has 2 amide bonds. The van der Waals surface area contributed by atoms with Crippen LogP contribution in [0.15, 0.2) is 36.4 Å². The Labute approximate surface area is 185 Å². The van der Waals surface area contributed by atoms with E-state index in [1.54, 1.807) is 6.07 Å². The number of benzene rings is 2. The molecule has 2 aromatic carbocycles. The molecule has 2 saturated heterocycles. The smallest absolute Gasteiger partial charge is 0.263 e. The molecule has 0 spiro atoms. The van der Waals surface area contributed by atoms with Gasteiger partial charge in [0.1, 0.15) is 11.6 Å². The molecule has 3 heterocycles. The molecular formula is C24H25F2N3O3. The van der Waals surface area contributed by atoms with Crippen LogP contribution < -0.4 is 4.90 Å². The summed E-state index contributed by atoms with van der Waals surface area (Å²) in [6, 6.07) is 9.07. The van der Waals surface area contributed by atoms with Crippen molar-refractivity contribution in [2.75, 3.05) is 44.2 Å². The topological polar surface area (TPSA) is 53.1 Å². The number of ether oxygens (including phenoxy) is 1. The number of rotatable bonds is 5. The van der Waals surface area contributed by atoms with Gasteiger partial charge in [0.15, 0.2) is 0 Å². The SMILES string of the molecule is O=C1c2cccc(N3CCN(Cc4ccc(F)cc4F)CC3)c2C(=O)N1C[C@@H]1CCCO1. The van der Waals surface area contributed by atoms with Crippen LogP contribution in [0.1, 0.15) is 39.1 Å². The summed E-state index contributed by atoms with van der Waals surface area (Å²) in [4.78, 5) is 31.6. The Bertz CT molecular complexity index is 1050. The molecular weight excluding hydrogens is 416 g/mol. The van der Waals surface area contributed by atoms with Crippen molar-refractivity contribution in [2.45, 2.75) is 25.5 Å². The molecule has 0 aliphatic carbocycles. The molecule has 3 aliphatic heterocycles. The molecule has 32 heavy (non-hydrogen) atoms. The van der Waals surface area contributed by atoms with Crippen molar-refractivity contribution < 1.29 is 23.1 Å². The number of piperazine rings is 1. The van der Waals surface area contributed by atoms with Gasteiger partial charge in [-0.2, -0.15) is 0 Å². The number of fused-ring (bicyclic) bond motifs is 1. The molecule has 0 saturated carbocycles. The highest BCUT2D eigenvalue weighted by Gasteiger charge is 2.40. The molecule has 0 N–H and O–H groups in total. The Hall–Kier alpha value is -2.84. The van der Waals surface area contributed by atoms with Crippen molar-refractivity contribution in [1.29, 1.82) is 0 Å². The summed E-state index contributed by atoms with van der Waals surface area (Å²) in [5.41, 5.74) is 2.14. The van der Waals surface area contributed by atoms with Crippen LogP contribution in [0.3, 0.4) is 0 Å². The average molecular weight is 441 g/mol. The van der Waals surface area contributed by atoms with Crippen LogP contribution in [0.2, 0.25) is 0 Å². The number of hydrogen-bond donors (Lipinski definition) is 0. The van der Waals surface area contributed by atoms with Gasteiger partial charge in [0.2, 0.25) is 0 Å². The van der Waals surface area contributed by atoms with Crippen LogP contribution in [0.25, 0.3) is 0 Å². The minimum Gasteiger partial charge on any atom is -0.376 e. The number of hydrogen-bond acceptors (Lipinski definition) is 5. The molecule has 6 nitrogen and oxygen atoms in total. The van der Waals surface area contributed by atoms with Crippen molar-refractivity contribution in [3.8, 4) is 0 Å². The maximum atomic E-state index is 14.0. The normalized spacial score (nSPS) is 21.5. The maximum absolute atomic E-state index is 14.0. The summed E-state index contributed by atoms with van der Waals surface area (Å²) in [6.07, 6.45) is 1.72. The summed E-state index contributed by atoms with van der Waals surface area (Å²) < 4.78 is 32.8. The van der Waals surface area contributed by atoms with E-state index in [0.29, 0.717) is 62.6 Å². The number of carbonyl (C=O) groups excluding carboxylic acids is 2. The van der Waals surface area contributed by atoms with Gasteiger partial charge in [0.25, 0.3) is 11.8 Å². The van der Waals surface area contributed by atoms with Crippen molar-refractivity contribution >= 4 is 17.5 Å². The largest absolute Gasteiger partial charge is 0.376 e. The standard InChI is InChI=1S/C24H25F2N3O3/c25-17-7-6-16(20(26)13-17)14-27-8-10-28(11-9-27)21-5-1-4-19-22(21)24(31)29(23(19)30)15-18-3-2-12-32-18/h1,4-7,13,18H,2-3,8-12,14-15H2/t18-/m0/s1. The molecule has 3 aliphatic rings.